The van der Waals surface area contributed by atoms with Crippen molar-refractivity contribution in [3.05, 3.63) is 95.6 Å². The topological polar surface area (TPSA) is 119 Å². The van der Waals surface area contributed by atoms with Gasteiger partial charge in [-0.25, -0.2) is 12.7 Å². The number of nitrogens with zero attached hydrogens (tertiary/aromatic N) is 5. The third kappa shape index (κ3) is 5.14. The molecule has 0 saturated carbocycles. The summed E-state index contributed by atoms with van der Waals surface area (Å²) in [5, 5.41) is 0. The van der Waals surface area contributed by atoms with Crippen molar-refractivity contribution in [2.75, 3.05) is 18.4 Å². The number of fused-ring (bicyclic) bond motifs is 11. The van der Waals surface area contributed by atoms with Crippen molar-refractivity contribution in [1.29, 1.82) is 0 Å². The molecule has 336 valence electrons. The fourth-order valence-corrected chi connectivity index (χ4v) is 19.9. The van der Waals surface area contributed by atoms with E-state index in [1.807, 2.05) is 29.2 Å². The smallest absolute Gasteiger partial charge is 0.266 e. The van der Waals surface area contributed by atoms with E-state index in [2.05, 4.69) is 12.1 Å². The largest absolute Gasteiger partial charge is 0.319 e. The summed E-state index contributed by atoms with van der Waals surface area (Å²) in [6.07, 6.45) is -0.472. The van der Waals surface area contributed by atoms with E-state index < -0.39 is 52.5 Å². The highest BCUT2D eigenvalue weighted by Gasteiger charge is 2.88. The third-order valence-electron chi connectivity index (χ3n) is 13.7. The van der Waals surface area contributed by atoms with Crippen LogP contribution in [-0.2, 0) is 46.5 Å². The molecule has 4 bridgehead atoms. The molecule has 0 aromatic heterocycles. The fourth-order valence-electron chi connectivity index (χ4n) is 11.2. The van der Waals surface area contributed by atoms with Crippen molar-refractivity contribution in [2.24, 2.45) is 0 Å². The molecule has 13 rings (SSSR count). The zero-order valence-corrected chi connectivity index (χ0v) is 33.1. The minimum atomic E-state index is -4.37. The van der Waals surface area contributed by atoms with Crippen molar-refractivity contribution in [2.45, 2.75) is 140 Å². The quantitative estimate of drug-likeness (QED) is 0.235. The van der Waals surface area contributed by atoms with Crippen LogP contribution in [0.15, 0.2) is 83.8 Å². The fraction of sp³-hybridized carbons (Fsp3) is 0.511. The van der Waals surface area contributed by atoms with Gasteiger partial charge < -0.3 is 14.7 Å². The average molecular weight is 932 g/mol. The molecule has 3 aromatic rings. The molecule has 8 saturated heterocycles. The molecule has 10 aliphatic rings. The van der Waals surface area contributed by atoms with E-state index in [1.165, 1.54) is 52.4 Å². The van der Waals surface area contributed by atoms with E-state index in [0.717, 1.165) is 11.1 Å². The number of benzene rings is 3. The van der Waals surface area contributed by atoms with Gasteiger partial charge in [-0.15, -0.1) is 0 Å². The Hall–Kier alpha value is -3.31. The Kier molecular flexibility index (Phi) is 13.2. The van der Waals surface area contributed by atoms with E-state index in [0.29, 0.717) is 17.7 Å². The molecule has 8 fully saturated rings. The molecule has 0 unspecified atom stereocenters. The van der Waals surface area contributed by atoms with E-state index in [4.69, 9.17) is 0 Å². The standard InChI is InChI=1S/C37H33N5O6S5.8CH4/c1-32-28(43)40-26-18-21-12-8-9-15-23(21)34(26,19-36(40,51-49-32)30(45)38(32)3)35-20-37-31(46)39(4)33(2,50-52-37)29(44)41(37)27(35)42(25-17-11-10-16-24(25)35)53(47,48)22-13-6-5-7-14-22;;;;;;;;/h5-17,26-27H,18-20H2,1-4H3;8*1H4/t26-,27-,32-,33-,34-,35-,36-,37-;;;;;;;;/m0......../s1. The summed E-state index contributed by atoms with van der Waals surface area (Å²) in [6.45, 7) is 3.53. The van der Waals surface area contributed by atoms with Crippen LogP contribution in [0, 0.1) is 0 Å². The van der Waals surface area contributed by atoms with Gasteiger partial charge in [-0.1, -0.05) is 163 Å². The highest BCUT2D eigenvalue weighted by Crippen LogP contribution is 2.79. The van der Waals surface area contributed by atoms with E-state index in [9.17, 15) is 14.4 Å². The molecule has 0 radical (unpaired) electrons. The Morgan fingerprint density at radius 3 is 1.59 bits per heavy atom. The molecule has 0 N–H and O–H groups in total. The molecule has 4 amide bonds. The predicted molar refractivity (Wildman–Crippen MR) is 259 cm³/mol. The van der Waals surface area contributed by atoms with Gasteiger partial charge in [0.2, 0.25) is 0 Å². The maximum absolute atomic E-state index is 15.4. The first-order valence-corrected chi connectivity index (χ1v) is 23.2. The number of hydrogen-bond acceptors (Lipinski definition) is 10. The summed E-state index contributed by atoms with van der Waals surface area (Å²) in [6, 6.07) is 23.1. The number of piperazine rings is 2. The number of amides is 4. The average Bonchev–Trinajstić information content (AvgIpc) is 3.84. The third-order valence-corrected chi connectivity index (χ3v) is 22.9. The Morgan fingerprint density at radius 1 is 0.557 bits per heavy atom. The lowest BCUT2D eigenvalue weighted by Crippen LogP contribution is -2.76. The highest BCUT2D eigenvalue weighted by atomic mass is 33.1. The molecule has 3 aromatic carbocycles. The van der Waals surface area contributed by atoms with Crippen molar-refractivity contribution in [3.63, 3.8) is 0 Å². The van der Waals surface area contributed by atoms with Crippen LogP contribution < -0.4 is 4.31 Å². The van der Waals surface area contributed by atoms with Crippen molar-refractivity contribution in [1.82, 2.24) is 19.6 Å². The van der Waals surface area contributed by atoms with Crippen LogP contribution >= 0.6 is 43.2 Å². The van der Waals surface area contributed by atoms with Crippen molar-refractivity contribution >= 4 is 82.5 Å². The number of likely N-dealkylation sites (N-methyl/N-ethyl adjacent to an activating group) is 2. The van der Waals surface area contributed by atoms with Gasteiger partial charge in [0, 0.05) is 38.4 Å². The Labute approximate surface area is 381 Å². The summed E-state index contributed by atoms with van der Waals surface area (Å²) in [7, 11) is 4.47. The number of sulfonamides is 1. The number of para-hydroxylation sites is 1. The normalized spacial score (nSPS) is 34.9. The number of rotatable bonds is 3. The van der Waals surface area contributed by atoms with Gasteiger partial charge in [0.05, 0.1) is 16.0 Å². The molecular formula is C45H65N5O6S5. The number of anilines is 1. The molecule has 61 heavy (non-hydrogen) atoms. The minimum absolute atomic E-state index is 0. The monoisotopic (exact) mass is 931 g/mol. The molecule has 16 heteroatoms. The molecule has 1 aliphatic carbocycles. The minimum Gasteiger partial charge on any atom is -0.319 e. The molecule has 9 heterocycles. The lowest BCUT2D eigenvalue weighted by molar-refractivity contribution is -0.164. The first-order chi connectivity index (χ1) is 25.2. The second-order valence-corrected chi connectivity index (χ2v) is 23.0. The van der Waals surface area contributed by atoms with E-state index in [1.54, 1.807) is 80.2 Å². The van der Waals surface area contributed by atoms with Crippen LogP contribution in [-0.4, -0.2) is 97.4 Å². The second-order valence-electron chi connectivity index (χ2n) is 15.6. The summed E-state index contributed by atoms with van der Waals surface area (Å²) in [4.78, 5) is 61.4. The van der Waals surface area contributed by atoms with Gasteiger partial charge in [0.1, 0.15) is 6.17 Å². The van der Waals surface area contributed by atoms with E-state index >= 15 is 13.2 Å². The van der Waals surface area contributed by atoms with Crippen LogP contribution in [0.5, 0.6) is 0 Å². The Balaban J connectivity index is 0.00000124. The van der Waals surface area contributed by atoms with Crippen LogP contribution in [0.1, 0.15) is 103 Å². The lowest BCUT2D eigenvalue weighted by Gasteiger charge is -2.58. The number of carbonyl (C=O) groups excluding carboxylic acids is 4. The number of carbonyl (C=O) groups is 4. The van der Waals surface area contributed by atoms with Gasteiger partial charge in [0.25, 0.3) is 33.7 Å². The van der Waals surface area contributed by atoms with Crippen molar-refractivity contribution < 1.29 is 27.6 Å². The zero-order chi connectivity index (χ0) is 36.9. The second kappa shape index (κ2) is 15.4. The predicted octanol–water partition coefficient (Wildman–Crippen LogP) is 9.43. The molecule has 8 atom stereocenters. The maximum Gasteiger partial charge on any atom is 0.266 e. The summed E-state index contributed by atoms with van der Waals surface area (Å²) in [5.41, 5.74) is 0.680. The Bertz CT molecular complexity index is 2410. The van der Waals surface area contributed by atoms with Gasteiger partial charge in [-0.05, 0) is 55.2 Å². The lowest BCUT2D eigenvalue weighted by atomic mass is 9.53. The highest BCUT2D eigenvalue weighted by molar-refractivity contribution is 8.78. The van der Waals surface area contributed by atoms with Gasteiger partial charge >= 0.3 is 0 Å². The van der Waals surface area contributed by atoms with Crippen molar-refractivity contribution in [3.8, 4) is 0 Å². The van der Waals surface area contributed by atoms with Crippen LogP contribution in [0.2, 0.25) is 0 Å². The maximum atomic E-state index is 15.4. The zero-order valence-electron chi connectivity index (χ0n) is 29.0. The summed E-state index contributed by atoms with van der Waals surface area (Å²) in [5.74, 6) is -0.920. The molecule has 11 nitrogen and oxygen atoms in total. The first kappa shape index (κ1) is 52.0. The summed E-state index contributed by atoms with van der Waals surface area (Å²) >= 11 is 0. The molecular weight excluding hydrogens is 867 g/mol. The molecule has 2 spiro atoms. The van der Waals surface area contributed by atoms with Gasteiger partial charge in [0.15, 0.2) is 19.5 Å². The van der Waals surface area contributed by atoms with Crippen LogP contribution in [0.25, 0.3) is 0 Å². The van der Waals surface area contributed by atoms with E-state index in [-0.39, 0.29) is 101 Å². The van der Waals surface area contributed by atoms with Crippen LogP contribution in [0.4, 0.5) is 5.69 Å². The first-order valence-electron chi connectivity index (χ1n) is 17.4. The Morgan fingerprint density at radius 2 is 1.02 bits per heavy atom. The SMILES string of the molecule is C.C.C.C.C.C.C.C.CN1C(=O)[C@@]23C[C@]4([C@]56C[C@@]78SS[C@@](C)(C(=O)N7[C@H]5N(S(=O)(=O)c5ccccc5)c5ccccc56)N(C)C8=O)c5ccccc5C[C@@H]4N2C(=O)[C@]1(C)SS3. The number of hydrogen-bond donors (Lipinski definition) is 0. The van der Waals surface area contributed by atoms with Crippen LogP contribution in [0.3, 0.4) is 0 Å². The van der Waals surface area contributed by atoms with Gasteiger partial charge in [-0.2, -0.15) is 0 Å². The summed E-state index contributed by atoms with van der Waals surface area (Å²) < 4.78 is 32.1. The molecule has 9 aliphatic heterocycles. The van der Waals surface area contributed by atoms with Gasteiger partial charge in [-0.3, -0.25) is 24.1 Å².